The number of para-hydroxylation sites is 2. The molecule has 1 N–H and O–H groups in total. The van der Waals surface area contributed by atoms with Crippen molar-refractivity contribution in [3.8, 4) is 0 Å². The first-order valence-electron chi connectivity index (χ1n) is 12.2. The molecule has 1 saturated heterocycles. The van der Waals surface area contributed by atoms with Gasteiger partial charge in [-0.1, -0.05) is 12.1 Å². The van der Waals surface area contributed by atoms with E-state index in [0.29, 0.717) is 25.9 Å². The first-order chi connectivity index (χ1) is 16.9. The molecule has 1 amide bonds. The Kier molecular flexibility index (Phi) is 6.38. The highest BCUT2D eigenvalue weighted by Gasteiger charge is 2.36. The average molecular weight is 473 g/mol. The van der Waals surface area contributed by atoms with Crippen LogP contribution in [-0.2, 0) is 18.3 Å². The number of amides is 1. The largest absolute Gasteiger partial charge is 0.386 e. The molecule has 0 radical (unpaired) electrons. The van der Waals surface area contributed by atoms with E-state index in [1.165, 1.54) is 0 Å². The second-order valence-electron chi connectivity index (χ2n) is 9.65. The summed E-state index contributed by atoms with van der Waals surface area (Å²) in [5.41, 5.74) is 3.04. The highest BCUT2D eigenvalue weighted by atomic mass is 16.3. The molecule has 0 bridgehead atoms. The van der Waals surface area contributed by atoms with Gasteiger partial charge in [0.2, 0.25) is 5.91 Å². The number of aliphatic hydroxyl groups is 1. The molecule has 0 aliphatic carbocycles. The lowest BCUT2D eigenvalue weighted by molar-refractivity contribution is -0.133. The number of rotatable bonds is 7. The fourth-order valence-corrected chi connectivity index (χ4v) is 5.24. The number of pyridine rings is 2. The Bertz CT molecular complexity index is 1350. The van der Waals surface area contributed by atoms with Crippen molar-refractivity contribution in [3.63, 3.8) is 0 Å². The van der Waals surface area contributed by atoms with Crippen LogP contribution in [0.4, 0.5) is 5.69 Å². The number of hydrogen-bond acceptors (Lipinski definition) is 6. The number of β-amino-alcohol motifs (C(OH)–C–C–N with tert-alkyl or cyclic N) is 1. The summed E-state index contributed by atoms with van der Waals surface area (Å²) in [7, 11) is 3.81. The number of carbonyl (C=O) groups is 1. The molecule has 1 fully saturated rings. The Labute approximate surface area is 205 Å². The Morgan fingerprint density at radius 1 is 1.17 bits per heavy atom. The third-order valence-corrected chi connectivity index (χ3v) is 7.04. The van der Waals surface area contributed by atoms with Crippen LogP contribution in [0.15, 0.2) is 55.0 Å². The molecule has 8 nitrogen and oxygen atoms in total. The molecule has 4 heterocycles. The maximum absolute atomic E-state index is 12.9. The van der Waals surface area contributed by atoms with Crippen molar-refractivity contribution in [3.05, 3.63) is 60.8 Å². The number of fused-ring (bicyclic) bond motifs is 2. The first-order valence-corrected chi connectivity index (χ1v) is 12.2. The summed E-state index contributed by atoms with van der Waals surface area (Å²) >= 11 is 0. The molecule has 1 aromatic carbocycles. The van der Waals surface area contributed by atoms with Gasteiger partial charge in [0.25, 0.3) is 0 Å². The molecule has 3 aromatic heterocycles. The van der Waals surface area contributed by atoms with Crippen molar-refractivity contribution in [2.75, 3.05) is 31.6 Å². The number of nitrogens with zero attached hydrogens (tertiary/aromatic N) is 6. The van der Waals surface area contributed by atoms with Crippen LogP contribution in [0.2, 0.25) is 0 Å². The molecule has 0 unspecified atom stereocenters. The molecule has 5 rings (SSSR count). The molecule has 1 aliphatic rings. The van der Waals surface area contributed by atoms with Crippen molar-refractivity contribution in [1.29, 1.82) is 0 Å². The molecule has 0 saturated carbocycles. The molecule has 1 aliphatic heterocycles. The summed E-state index contributed by atoms with van der Waals surface area (Å²) in [5, 5.41) is 12.4. The standard InChI is InChI=1S/C27H32N6O2/c1-31(26(34)10-5-9-25-30-22-7-3-4-8-24(22)32(25)2)18-27(35)13-6-16-33(19-27)23-12-15-29-21-11-14-28-17-20(21)23/h3-4,7-8,11-12,14-15,17,35H,5-6,9-10,13,16,18-19H2,1-2H3/t27-/m0/s1. The van der Waals surface area contributed by atoms with Gasteiger partial charge in [0, 0.05) is 69.7 Å². The minimum absolute atomic E-state index is 0.0490. The van der Waals surface area contributed by atoms with Gasteiger partial charge in [-0.3, -0.25) is 14.8 Å². The summed E-state index contributed by atoms with van der Waals surface area (Å²) in [5.74, 6) is 1.04. The number of carbonyl (C=O) groups excluding carboxylic acids is 1. The zero-order valence-corrected chi connectivity index (χ0v) is 20.4. The summed E-state index contributed by atoms with van der Waals surface area (Å²) in [4.78, 5) is 30.2. The number of imidazole rings is 1. The zero-order valence-electron chi connectivity index (χ0n) is 20.4. The summed E-state index contributed by atoms with van der Waals surface area (Å²) in [6.45, 7) is 1.64. The highest BCUT2D eigenvalue weighted by Crippen LogP contribution is 2.31. The van der Waals surface area contributed by atoms with Gasteiger partial charge in [-0.2, -0.15) is 0 Å². The van der Waals surface area contributed by atoms with Crippen molar-refractivity contribution >= 4 is 33.5 Å². The van der Waals surface area contributed by atoms with Crippen LogP contribution in [0, 0.1) is 0 Å². The van der Waals surface area contributed by atoms with Gasteiger partial charge in [0.05, 0.1) is 28.7 Å². The summed E-state index contributed by atoms with van der Waals surface area (Å²) in [6.07, 6.45) is 8.78. The van der Waals surface area contributed by atoms with E-state index in [0.717, 1.165) is 59.3 Å². The monoisotopic (exact) mass is 472 g/mol. The quantitative estimate of drug-likeness (QED) is 0.444. The maximum atomic E-state index is 12.9. The Hall–Kier alpha value is -3.52. The van der Waals surface area contributed by atoms with Crippen molar-refractivity contribution in [2.24, 2.45) is 7.05 Å². The van der Waals surface area contributed by atoms with E-state index in [2.05, 4.69) is 25.5 Å². The van der Waals surface area contributed by atoms with E-state index in [-0.39, 0.29) is 5.91 Å². The highest BCUT2D eigenvalue weighted by molar-refractivity contribution is 5.90. The fraction of sp³-hybridized carbons (Fsp3) is 0.407. The number of aromatic nitrogens is 4. The lowest BCUT2D eigenvalue weighted by atomic mass is 9.91. The Morgan fingerprint density at radius 2 is 2.03 bits per heavy atom. The molecular weight excluding hydrogens is 440 g/mol. The van der Waals surface area contributed by atoms with Gasteiger partial charge in [0.1, 0.15) is 5.82 Å². The number of likely N-dealkylation sites (N-methyl/N-ethyl adjacent to an activating group) is 1. The minimum atomic E-state index is -0.960. The van der Waals surface area contributed by atoms with Crippen molar-refractivity contribution in [1.82, 2.24) is 24.4 Å². The lowest BCUT2D eigenvalue weighted by Crippen LogP contribution is -2.54. The van der Waals surface area contributed by atoms with Crippen molar-refractivity contribution in [2.45, 2.75) is 37.7 Å². The van der Waals surface area contributed by atoms with E-state index in [9.17, 15) is 9.90 Å². The van der Waals surface area contributed by atoms with E-state index < -0.39 is 5.60 Å². The van der Waals surface area contributed by atoms with Gasteiger partial charge in [-0.05, 0) is 43.5 Å². The second-order valence-corrected chi connectivity index (χ2v) is 9.65. The van der Waals surface area contributed by atoms with E-state index in [4.69, 9.17) is 4.98 Å². The topological polar surface area (TPSA) is 87.4 Å². The predicted octanol–water partition coefficient (Wildman–Crippen LogP) is 3.33. The van der Waals surface area contributed by atoms with Crippen LogP contribution in [0.1, 0.15) is 31.5 Å². The second kappa shape index (κ2) is 9.62. The van der Waals surface area contributed by atoms with Gasteiger partial charge in [-0.15, -0.1) is 0 Å². The van der Waals surface area contributed by atoms with E-state index in [1.807, 2.05) is 43.6 Å². The maximum Gasteiger partial charge on any atom is 0.222 e. The number of hydrogen-bond donors (Lipinski definition) is 1. The van der Waals surface area contributed by atoms with Crippen molar-refractivity contribution < 1.29 is 9.90 Å². The van der Waals surface area contributed by atoms with Crippen LogP contribution in [0.3, 0.4) is 0 Å². The lowest BCUT2D eigenvalue weighted by Gasteiger charge is -2.42. The third-order valence-electron chi connectivity index (χ3n) is 7.04. The third kappa shape index (κ3) is 4.84. The van der Waals surface area contributed by atoms with Gasteiger partial charge in [0.15, 0.2) is 0 Å². The average Bonchev–Trinajstić information content (AvgIpc) is 3.18. The Balaban J connectivity index is 1.19. The van der Waals surface area contributed by atoms with Crippen LogP contribution < -0.4 is 4.90 Å². The smallest absolute Gasteiger partial charge is 0.222 e. The SMILES string of the molecule is CN(C[C@@]1(O)CCCN(c2ccnc3ccncc23)C1)C(=O)CCCc1nc2ccccc2n1C. The van der Waals surface area contributed by atoms with E-state index >= 15 is 0 Å². The molecule has 0 spiro atoms. The number of anilines is 1. The van der Waals surface area contributed by atoms with Gasteiger partial charge in [-0.25, -0.2) is 4.98 Å². The van der Waals surface area contributed by atoms with Crippen LogP contribution >= 0.6 is 0 Å². The predicted molar refractivity (Wildman–Crippen MR) is 137 cm³/mol. The first kappa shape index (κ1) is 23.2. The van der Waals surface area contributed by atoms with Gasteiger partial charge < -0.3 is 19.5 Å². The Morgan fingerprint density at radius 3 is 2.89 bits per heavy atom. The molecule has 182 valence electrons. The van der Waals surface area contributed by atoms with Crippen LogP contribution in [0.25, 0.3) is 21.9 Å². The zero-order chi connectivity index (χ0) is 24.4. The fourth-order valence-electron chi connectivity index (χ4n) is 5.24. The molecule has 35 heavy (non-hydrogen) atoms. The molecule has 8 heteroatoms. The number of piperidine rings is 1. The summed E-state index contributed by atoms with van der Waals surface area (Å²) in [6, 6.07) is 11.9. The van der Waals surface area contributed by atoms with E-state index in [1.54, 1.807) is 24.3 Å². The number of aryl methyl sites for hydroxylation is 2. The van der Waals surface area contributed by atoms with Gasteiger partial charge >= 0.3 is 0 Å². The van der Waals surface area contributed by atoms with Crippen LogP contribution in [0.5, 0.6) is 0 Å². The summed E-state index contributed by atoms with van der Waals surface area (Å²) < 4.78 is 2.10. The molecule has 4 aromatic rings. The molecule has 1 atom stereocenters. The molecular formula is C27H32N6O2. The van der Waals surface area contributed by atoms with Crippen LogP contribution in [-0.4, -0.2) is 67.7 Å². The minimum Gasteiger partial charge on any atom is -0.386 e. The number of benzene rings is 1. The normalized spacial score (nSPS) is 18.3.